The number of methoxy groups -OCH3 is 1. The molecule has 0 amide bonds. The number of aromatic nitrogens is 2. The van der Waals surface area contributed by atoms with Crippen LogP contribution in [0.5, 0.6) is 0 Å². The molecule has 0 N–H and O–H groups in total. The predicted molar refractivity (Wildman–Crippen MR) is 65.4 cm³/mol. The summed E-state index contributed by atoms with van der Waals surface area (Å²) in [5.74, 6) is 0.165. The molecule has 0 atom stereocenters. The Kier molecular flexibility index (Phi) is 3.45. The van der Waals surface area contributed by atoms with Crippen LogP contribution in [0.3, 0.4) is 0 Å². The lowest BCUT2D eigenvalue weighted by Crippen LogP contribution is -2.02. The highest BCUT2D eigenvalue weighted by Crippen LogP contribution is 2.22. The van der Waals surface area contributed by atoms with Gasteiger partial charge in [-0.15, -0.1) is 11.6 Å². The maximum Gasteiger partial charge on any atom is 0.337 e. The summed E-state index contributed by atoms with van der Waals surface area (Å²) in [5.41, 5.74) is 0.985. The molecule has 6 heteroatoms. The summed E-state index contributed by atoms with van der Waals surface area (Å²) in [6.07, 6.45) is 0. The Morgan fingerprint density at radius 3 is 2.82 bits per heavy atom. The minimum atomic E-state index is -0.422. The zero-order valence-corrected chi connectivity index (χ0v) is 10.4. The second kappa shape index (κ2) is 4.85. The molecule has 1 aromatic heterocycles. The molecular formula is C11H8Cl2N2O2. The standard InChI is InChI=1S/C11H8Cl2N2O2/c1-17-11(16)6-2-3-7-8(4-6)14-9(5-12)15-10(7)13/h2-4H,5H2,1H3. The second-order valence-corrected chi connectivity index (χ2v) is 3.91. The number of carbonyl (C=O) groups is 1. The fourth-order valence-corrected chi connectivity index (χ4v) is 1.82. The van der Waals surface area contributed by atoms with Crippen molar-refractivity contribution < 1.29 is 9.53 Å². The fraction of sp³-hybridized carbons (Fsp3) is 0.182. The average molecular weight is 271 g/mol. The van der Waals surface area contributed by atoms with Crippen molar-refractivity contribution >= 4 is 40.1 Å². The Balaban J connectivity index is 2.63. The number of halogens is 2. The van der Waals surface area contributed by atoms with Gasteiger partial charge in [-0.25, -0.2) is 14.8 Å². The fourth-order valence-electron chi connectivity index (χ4n) is 1.44. The lowest BCUT2D eigenvalue weighted by atomic mass is 10.1. The van der Waals surface area contributed by atoms with Crippen LogP contribution in [0.25, 0.3) is 10.9 Å². The molecule has 17 heavy (non-hydrogen) atoms. The largest absolute Gasteiger partial charge is 0.465 e. The SMILES string of the molecule is COC(=O)c1ccc2c(Cl)nc(CCl)nc2c1. The molecule has 0 aliphatic rings. The molecule has 2 rings (SSSR count). The number of hydrogen-bond donors (Lipinski definition) is 0. The van der Waals surface area contributed by atoms with E-state index in [2.05, 4.69) is 14.7 Å². The van der Waals surface area contributed by atoms with Gasteiger partial charge in [-0.05, 0) is 18.2 Å². The van der Waals surface area contributed by atoms with E-state index < -0.39 is 5.97 Å². The van der Waals surface area contributed by atoms with Gasteiger partial charge in [0.1, 0.15) is 11.0 Å². The first-order valence-electron chi connectivity index (χ1n) is 4.76. The van der Waals surface area contributed by atoms with Crippen molar-refractivity contribution in [2.24, 2.45) is 0 Å². The van der Waals surface area contributed by atoms with Crippen LogP contribution in [0.4, 0.5) is 0 Å². The quantitative estimate of drug-likeness (QED) is 0.478. The van der Waals surface area contributed by atoms with Gasteiger partial charge in [-0.3, -0.25) is 0 Å². The minimum absolute atomic E-state index is 0.165. The number of carbonyl (C=O) groups excluding carboxylic acids is 1. The Morgan fingerprint density at radius 1 is 1.41 bits per heavy atom. The lowest BCUT2D eigenvalue weighted by Gasteiger charge is -2.04. The third kappa shape index (κ3) is 2.33. The molecule has 0 bridgehead atoms. The topological polar surface area (TPSA) is 52.1 Å². The number of rotatable bonds is 2. The number of benzene rings is 1. The molecule has 0 unspecified atom stereocenters. The second-order valence-electron chi connectivity index (χ2n) is 3.29. The number of alkyl halides is 1. The molecule has 0 spiro atoms. The Morgan fingerprint density at radius 2 is 2.18 bits per heavy atom. The van der Waals surface area contributed by atoms with E-state index >= 15 is 0 Å². The van der Waals surface area contributed by atoms with Crippen molar-refractivity contribution in [2.75, 3.05) is 7.11 Å². The summed E-state index contributed by atoms with van der Waals surface area (Å²) in [5, 5.41) is 0.996. The average Bonchev–Trinajstić information content (AvgIpc) is 2.36. The van der Waals surface area contributed by atoms with Crippen LogP contribution in [0.1, 0.15) is 16.2 Å². The van der Waals surface area contributed by atoms with Gasteiger partial charge < -0.3 is 4.74 Å². The number of fused-ring (bicyclic) bond motifs is 1. The van der Waals surface area contributed by atoms with Gasteiger partial charge in [0, 0.05) is 5.39 Å². The van der Waals surface area contributed by atoms with Crippen molar-refractivity contribution in [1.82, 2.24) is 9.97 Å². The van der Waals surface area contributed by atoms with E-state index in [0.29, 0.717) is 27.4 Å². The zero-order chi connectivity index (χ0) is 12.4. The highest BCUT2D eigenvalue weighted by atomic mass is 35.5. The summed E-state index contributed by atoms with van der Waals surface area (Å²) >= 11 is 11.6. The van der Waals surface area contributed by atoms with Crippen LogP contribution in [-0.4, -0.2) is 23.0 Å². The van der Waals surface area contributed by atoms with Crippen LogP contribution in [-0.2, 0) is 10.6 Å². The first-order valence-corrected chi connectivity index (χ1v) is 5.67. The molecule has 0 radical (unpaired) electrons. The molecule has 0 aliphatic carbocycles. The van der Waals surface area contributed by atoms with E-state index in [1.807, 2.05) is 0 Å². The maximum atomic E-state index is 11.4. The zero-order valence-electron chi connectivity index (χ0n) is 8.91. The van der Waals surface area contributed by atoms with E-state index in [1.54, 1.807) is 18.2 Å². The minimum Gasteiger partial charge on any atom is -0.465 e. The highest BCUT2D eigenvalue weighted by molar-refractivity contribution is 6.34. The number of nitrogens with zero attached hydrogens (tertiary/aromatic N) is 2. The Hall–Kier alpha value is -1.39. The molecular weight excluding hydrogens is 263 g/mol. The van der Waals surface area contributed by atoms with Gasteiger partial charge in [-0.2, -0.15) is 0 Å². The van der Waals surface area contributed by atoms with Crippen LogP contribution < -0.4 is 0 Å². The molecule has 2 aromatic rings. The van der Waals surface area contributed by atoms with E-state index in [9.17, 15) is 4.79 Å². The molecule has 0 saturated heterocycles. The summed E-state index contributed by atoms with van der Waals surface area (Å²) in [7, 11) is 1.32. The van der Waals surface area contributed by atoms with E-state index in [-0.39, 0.29) is 5.88 Å². The van der Waals surface area contributed by atoms with Crippen molar-refractivity contribution in [3.05, 3.63) is 34.7 Å². The number of hydrogen-bond acceptors (Lipinski definition) is 4. The Labute approximate surface area is 108 Å². The van der Waals surface area contributed by atoms with Crippen LogP contribution in [0, 0.1) is 0 Å². The van der Waals surface area contributed by atoms with Gasteiger partial charge in [0.25, 0.3) is 0 Å². The molecule has 4 nitrogen and oxygen atoms in total. The maximum absolute atomic E-state index is 11.4. The van der Waals surface area contributed by atoms with Gasteiger partial charge in [0.15, 0.2) is 0 Å². The van der Waals surface area contributed by atoms with Crippen molar-refractivity contribution in [3.63, 3.8) is 0 Å². The summed E-state index contributed by atoms with van der Waals surface area (Å²) < 4.78 is 4.63. The van der Waals surface area contributed by atoms with Crippen molar-refractivity contribution in [3.8, 4) is 0 Å². The summed E-state index contributed by atoms with van der Waals surface area (Å²) in [4.78, 5) is 19.6. The molecule has 88 valence electrons. The van der Waals surface area contributed by atoms with Crippen molar-refractivity contribution in [2.45, 2.75) is 5.88 Å². The molecule has 0 fully saturated rings. The normalized spacial score (nSPS) is 10.5. The molecule has 0 aliphatic heterocycles. The Bertz CT molecular complexity index is 587. The van der Waals surface area contributed by atoms with Gasteiger partial charge in [0.05, 0.1) is 24.1 Å². The highest BCUT2D eigenvalue weighted by Gasteiger charge is 2.10. The van der Waals surface area contributed by atoms with Gasteiger partial charge in [-0.1, -0.05) is 11.6 Å². The smallest absolute Gasteiger partial charge is 0.337 e. The third-order valence-corrected chi connectivity index (χ3v) is 2.76. The van der Waals surface area contributed by atoms with Crippen LogP contribution in [0.15, 0.2) is 18.2 Å². The monoisotopic (exact) mass is 270 g/mol. The number of ether oxygens (including phenoxy) is 1. The first kappa shape index (κ1) is 12.1. The van der Waals surface area contributed by atoms with Crippen LogP contribution >= 0.6 is 23.2 Å². The first-order chi connectivity index (χ1) is 8.15. The molecule has 1 heterocycles. The van der Waals surface area contributed by atoms with E-state index in [0.717, 1.165) is 0 Å². The summed E-state index contributed by atoms with van der Waals surface area (Å²) in [6, 6.07) is 4.90. The predicted octanol–water partition coefficient (Wildman–Crippen LogP) is 2.81. The third-order valence-electron chi connectivity index (χ3n) is 2.24. The van der Waals surface area contributed by atoms with Gasteiger partial charge >= 0.3 is 5.97 Å². The summed E-state index contributed by atoms with van der Waals surface area (Å²) in [6.45, 7) is 0. The van der Waals surface area contributed by atoms with Gasteiger partial charge in [0.2, 0.25) is 0 Å². The van der Waals surface area contributed by atoms with Crippen LogP contribution in [0.2, 0.25) is 5.15 Å². The van der Waals surface area contributed by atoms with Crippen molar-refractivity contribution in [1.29, 1.82) is 0 Å². The van der Waals surface area contributed by atoms with E-state index in [1.165, 1.54) is 7.11 Å². The lowest BCUT2D eigenvalue weighted by molar-refractivity contribution is 0.0601. The molecule has 0 saturated carbocycles. The molecule has 1 aromatic carbocycles. The number of esters is 1. The van der Waals surface area contributed by atoms with E-state index in [4.69, 9.17) is 23.2 Å².